The highest BCUT2D eigenvalue weighted by Crippen LogP contribution is 2.35. The monoisotopic (exact) mass is 382 g/mol. The fourth-order valence-electron chi connectivity index (χ4n) is 2.66. The van der Waals surface area contributed by atoms with Gasteiger partial charge in [-0.15, -0.1) is 6.58 Å². The Labute approximate surface area is 158 Å². The van der Waals surface area contributed by atoms with E-state index in [-0.39, 0.29) is 17.7 Å². The first kappa shape index (κ1) is 16.9. The zero-order chi connectivity index (χ0) is 18.1. The predicted molar refractivity (Wildman–Crippen MR) is 105 cm³/mol. The Kier molecular flexibility index (Phi) is 4.57. The first-order valence-corrected chi connectivity index (χ1v) is 9.57. The Hall–Kier alpha value is -2.51. The van der Waals surface area contributed by atoms with Crippen LogP contribution >= 0.6 is 23.5 Å². The summed E-state index contributed by atoms with van der Waals surface area (Å²) >= 11 is 2.38. The third-order valence-corrected chi connectivity index (χ3v) is 5.66. The van der Waals surface area contributed by atoms with E-state index in [1.54, 1.807) is 12.1 Å². The van der Waals surface area contributed by atoms with Gasteiger partial charge >= 0.3 is 0 Å². The fraction of sp³-hybridized carbons (Fsp3) is 0.105. The number of aliphatic imine (C=N–C) groups is 1. The van der Waals surface area contributed by atoms with Crippen molar-refractivity contribution < 1.29 is 14.0 Å². The molecule has 3 heterocycles. The maximum Gasteiger partial charge on any atom is 0.293 e. The van der Waals surface area contributed by atoms with Gasteiger partial charge in [0.2, 0.25) is 0 Å². The van der Waals surface area contributed by atoms with E-state index in [2.05, 4.69) is 17.6 Å². The lowest BCUT2D eigenvalue weighted by Gasteiger charge is -2.07. The van der Waals surface area contributed by atoms with Crippen LogP contribution in [-0.4, -0.2) is 27.6 Å². The summed E-state index contributed by atoms with van der Waals surface area (Å²) in [5, 5.41) is 1.38. The largest absolute Gasteiger partial charge is 0.450 e. The van der Waals surface area contributed by atoms with Crippen LogP contribution in [0.5, 0.6) is 0 Å². The Morgan fingerprint density at radius 2 is 2.12 bits per heavy atom. The summed E-state index contributed by atoms with van der Waals surface area (Å²) in [7, 11) is 0. The summed E-state index contributed by atoms with van der Waals surface area (Å²) in [5.74, 6) is 0.217. The van der Waals surface area contributed by atoms with Gasteiger partial charge in [-0.3, -0.25) is 14.5 Å². The van der Waals surface area contributed by atoms with Crippen LogP contribution in [0.1, 0.15) is 11.3 Å². The molecule has 0 atom stereocenters. The Morgan fingerprint density at radius 3 is 2.92 bits per heavy atom. The molecule has 130 valence electrons. The topological polar surface area (TPSA) is 62.9 Å². The highest BCUT2D eigenvalue weighted by atomic mass is 32.2. The average Bonchev–Trinajstić information content (AvgIpc) is 3.30. The third-order valence-electron chi connectivity index (χ3n) is 3.86. The molecule has 0 saturated carbocycles. The highest BCUT2D eigenvalue weighted by Gasteiger charge is 2.34. The van der Waals surface area contributed by atoms with Crippen LogP contribution in [0.3, 0.4) is 0 Å². The van der Waals surface area contributed by atoms with Crippen molar-refractivity contribution in [1.82, 2.24) is 4.90 Å². The van der Waals surface area contributed by atoms with Crippen LogP contribution in [-0.2, 0) is 11.2 Å². The zero-order valence-corrected chi connectivity index (χ0v) is 15.3. The molecular formula is C19H14N2O3S2. The van der Waals surface area contributed by atoms with Crippen molar-refractivity contribution >= 4 is 51.5 Å². The van der Waals surface area contributed by atoms with E-state index >= 15 is 0 Å². The summed E-state index contributed by atoms with van der Waals surface area (Å²) in [6.07, 6.45) is 3.92. The van der Waals surface area contributed by atoms with Crippen molar-refractivity contribution in [1.29, 1.82) is 0 Å². The number of amides is 2. The van der Waals surface area contributed by atoms with E-state index in [1.165, 1.54) is 23.4 Å². The molecule has 1 aromatic carbocycles. The van der Waals surface area contributed by atoms with Crippen LogP contribution < -0.4 is 0 Å². The molecule has 2 aromatic rings. The number of benzene rings is 1. The Morgan fingerprint density at radius 1 is 1.27 bits per heavy atom. The molecule has 0 radical (unpaired) electrons. The lowest BCUT2D eigenvalue weighted by Crippen LogP contribution is -2.27. The number of imide groups is 1. The van der Waals surface area contributed by atoms with Crippen LogP contribution in [0, 0.1) is 0 Å². The number of furan rings is 1. The normalized spacial score (nSPS) is 17.8. The Bertz CT molecular complexity index is 975. The number of para-hydroxylation sites is 1. The molecule has 0 aliphatic carbocycles. The molecule has 1 aromatic heterocycles. The molecule has 0 bridgehead atoms. The van der Waals surface area contributed by atoms with Gasteiger partial charge in [-0.05, 0) is 47.3 Å². The number of carbonyl (C=O) groups is 2. The fourth-order valence-corrected chi connectivity index (χ4v) is 4.37. The van der Waals surface area contributed by atoms with Gasteiger partial charge in [0.05, 0.1) is 15.6 Å². The first-order chi connectivity index (χ1) is 12.6. The van der Waals surface area contributed by atoms with Crippen molar-refractivity contribution in [3.8, 4) is 0 Å². The molecule has 7 heteroatoms. The van der Waals surface area contributed by atoms with E-state index in [0.29, 0.717) is 15.8 Å². The van der Waals surface area contributed by atoms with Crippen molar-refractivity contribution in [2.24, 2.45) is 4.99 Å². The molecule has 1 fully saturated rings. The summed E-state index contributed by atoms with van der Waals surface area (Å²) in [6.45, 7) is 3.77. The maximum atomic E-state index is 12.2. The molecular weight excluding hydrogens is 368 g/mol. The molecule has 4 rings (SSSR count). The second kappa shape index (κ2) is 7.01. The number of nitrogens with zero attached hydrogens (tertiary/aromatic N) is 2. The number of rotatable bonds is 4. The van der Waals surface area contributed by atoms with E-state index in [1.807, 2.05) is 24.3 Å². The molecule has 5 nitrogen and oxygen atoms in total. The third kappa shape index (κ3) is 3.27. The van der Waals surface area contributed by atoms with Gasteiger partial charge in [0.25, 0.3) is 11.1 Å². The smallest absolute Gasteiger partial charge is 0.293 e. The van der Waals surface area contributed by atoms with Gasteiger partial charge in [0.15, 0.2) is 5.09 Å². The van der Waals surface area contributed by atoms with Gasteiger partial charge in [-0.1, -0.05) is 24.3 Å². The molecule has 26 heavy (non-hydrogen) atoms. The van der Waals surface area contributed by atoms with Crippen molar-refractivity contribution in [2.45, 2.75) is 11.5 Å². The van der Waals surface area contributed by atoms with Crippen LogP contribution in [0.25, 0.3) is 6.08 Å². The first-order valence-electron chi connectivity index (χ1n) is 7.93. The minimum atomic E-state index is -0.318. The molecule has 2 aliphatic heterocycles. The van der Waals surface area contributed by atoms with Gasteiger partial charge in [0, 0.05) is 19.0 Å². The Balaban J connectivity index is 1.47. The highest BCUT2D eigenvalue weighted by molar-refractivity contribution is 8.18. The van der Waals surface area contributed by atoms with E-state index in [4.69, 9.17) is 4.42 Å². The van der Waals surface area contributed by atoms with Crippen molar-refractivity contribution in [2.75, 3.05) is 6.54 Å². The zero-order valence-electron chi connectivity index (χ0n) is 13.7. The number of thioether (sulfide) groups is 2. The van der Waals surface area contributed by atoms with Gasteiger partial charge in [-0.25, -0.2) is 4.99 Å². The SMILES string of the molecule is C=CCN1C(=O)SC(=Cc2ccc(SC3=Nc4ccccc4C3)o2)C1=O. The summed E-state index contributed by atoms with van der Waals surface area (Å²) in [6, 6.07) is 11.7. The second-order valence-corrected chi connectivity index (χ2v) is 7.72. The van der Waals surface area contributed by atoms with Crippen LogP contribution in [0.15, 0.2) is 68.5 Å². The molecule has 0 unspecified atom stereocenters. The molecule has 0 spiro atoms. The van der Waals surface area contributed by atoms with Gasteiger partial charge in [0.1, 0.15) is 5.76 Å². The summed E-state index contributed by atoms with van der Waals surface area (Å²) in [5.41, 5.74) is 2.20. The maximum absolute atomic E-state index is 12.2. The van der Waals surface area contributed by atoms with Crippen LogP contribution in [0.4, 0.5) is 10.5 Å². The van der Waals surface area contributed by atoms with Gasteiger partial charge in [-0.2, -0.15) is 0 Å². The minimum absolute atomic E-state index is 0.210. The summed E-state index contributed by atoms with van der Waals surface area (Å²) < 4.78 is 5.78. The standard InChI is InChI=1S/C19H14N2O3S2/c1-2-9-21-18(22)15(25-19(21)23)11-13-7-8-17(24-13)26-16-10-12-5-3-4-6-14(12)20-16/h2-8,11H,1,9-10H2. The minimum Gasteiger partial charge on any atom is -0.450 e. The molecule has 2 amide bonds. The molecule has 0 N–H and O–H groups in total. The van der Waals surface area contributed by atoms with E-state index < -0.39 is 0 Å². The van der Waals surface area contributed by atoms with Crippen LogP contribution in [0.2, 0.25) is 0 Å². The van der Waals surface area contributed by atoms with Gasteiger partial charge < -0.3 is 4.42 Å². The number of carbonyl (C=O) groups excluding carboxylic acids is 2. The van der Waals surface area contributed by atoms with E-state index in [0.717, 1.165) is 33.8 Å². The number of hydrogen-bond acceptors (Lipinski definition) is 6. The van der Waals surface area contributed by atoms with Crippen molar-refractivity contribution in [3.63, 3.8) is 0 Å². The lowest BCUT2D eigenvalue weighted by molar-refractivity contribution is -0.122. The second-order valence-electron chi connectivity index (χ2n) is 5.65. The molecule has 1 saturated heterocycles. The summed E-state index contributed by atoms with van der Waals surface area (Å²) in [4.78, 5) is 30.2. The molecule has 2 aliphatic rings. The van der Waals surface area contributed by atoms with E-state index in [9.17, 15) is 9.59 Å². The lowest BCUT2D eigenvalue weighted by atomic mass is 10.2. The predicted octanol–water partition coefficient (Wildman–Crippen LogP) is 4.88. The quantitative estimate of drug-likeness (QED) is 0.557. The van der Waals surface area contributed by atoms with Crippen molar-refractivity contribution in [3.05, 3.63) is 65.3 Å². The average molecular weight is 382 g/mol. The number of hydrogen-bond donors (Lipinski definition) is 0. The number of fused-ring (bicyclic) bond motifs is 1.